The van der Waals surface area contributed by atoms with E-state index in [4.69, 9.17) is 9.47 Å². The van der Waals surface area contributed by atoms with E-state index < -0.39 is 16.3 Å². The van der Waals surface area contributed by atoms with Crippen molar-refractivity contribution in [2.75, 3.05) is 19.8 Å². The molecule has 0 amide bonds. The summed E-state index contributed by atoms with van der Waals surface area (Å²) in [6, 6.07) is 5.34. The highest BCUT2D eigenvalue weighted by Gasteiger charge is 2.40. The van der Waals surface area contributed by atoms with Gasteiger partial charge in [0.2, 0.25) is 10.0 Å². The Morgan fingerprint density at radius 2 is 1.86 bits per heavy atom. The van der Waals surface area contributed by atoms with Crippen LogP contribution in [-0.4, -0.2) is 44.8 Å². The Labute approximate surface area is 132 Å². The van der Waals surface area contributed by atoms with Gasteiger partial charge in [0.05, 0.1) is 24.2 Å². The molecule has 0 radical (unpaired) electrons. The fraction of sp³-hybridized carbons (Fsp3) is 0.625. The number of hydrogen-bond acceptors (Lipinski definition) is 4. The summed E-state index contributed by atoms with van der Waals surface area (Å²) < 4.78 is 39.0. The van der Waals surface area contributed by atoms with E-state index in [1.165, 1.54) is 0 Å². The first-order chi connectivity index (χ1) is 10.5. The quantitative estimate of drug-likeness (QED) is 0.855. The lowest BCUT2D eigenvalue weighted by molar-refractivity contribution is -0.0913. The highest BCUT2D eigenvalue weighted by Crippen LogP contribution is 2.31. The number of sulfonamides is 1. The number of hydrogen-bond donors (Lipinski definition) is 0. The monoisotopic (exact) mass is 325 g/mol. The maximum absolute atomic E-state index is 13.1. The second kappa shape index (κ2) is 6.28. The molecule has 122 valence electrons. The smallest absolute Gasteiger partial charge is 0.243 e. The van der Waals surface area contributed by atoms with E-state index >= 15 is 0 Å². The van der Waals surface area contributed by atoms with Gasteiger partial charge in [-0.15, -0.1) is 0 Å². The van der Waals surface area contributed by atoms with Gasteiger partial charge in [0.15, 0.2) is 6.29 Å². The van der Waals surface area contributed by atoms with Gasteiger partial charge in [0, 0.05) is 6.54 Å². The minimum absolute atomic E-state index is 0.221. The van der Waals surface area contributed by atoms with Crippen molar-refractivity contribution in [1.82, 2.24) is 4.31 Å². The Hall–Kier alpha value is -0.950. The molecule has 3 rings (SSSR count). The van der Waals surface area contributed by atoms with Gasteiger partial charge >= 0.3 is 0 Å². The maximum Gasteiger partial charge on any atom is 0.243 e. The summed E-state index contributed by atoms with van der Waals surface area (Å²) >= 11 is 0. The summed E-state index contributed by atoms with van der Waals surface area (Å²) in [5.41, 5.74) is 1.73. The third kappa shape index (κ3) is 2.93. The van der Waals surface area contributed by atoms with Gasteiger partial charge in [-0.05, 0) is 43.9 Å². The summed E-state index contributed by atoms with van der Waals surface area (Å²) in [5.74, 6) is 0. The molecule has 22 heavy (non-hydrogen) atoms. The molecule has 0 aliphatic carbocycles. The van der Waals surface area contributed by atoms with Crippen molar-refractivity contribution in [1.29, 1.82) is 0 Å². The lowest BCUT2D eigenvalue weighted by Crippen LogP contribution is -2.50. The molecule has 1 atom stereocenters. The first-order valence-electron chi connectivity index (χ1n) is 7.82. The van der Waals surface area contributed by atoms with Crippen molar-refractivity contribution >= 4 is 10.0 Å². The van der Waals surface area contributed by atoms with Crippen LogP contribution in [0, 0.1) is 13.8 Å². The second-order valence-electron chi connectivity index (χ2n) is 6.06. The zero-order valence-corrected chi connectivity index (χ0v) is 13.9. The van der Waals surface area contributed by atoms with Crippen LogP contribution in [0.1, 0.15) is 30.4 Å². The molecular formula is C16H23NO4S. The van der Waals surface area contributed by atoms with Crippen LogP contribution in [0.4, 0.5) is 0 Å². The molecule has 0 aromatic heterocycles. The van der Waals surface area contributed by atoms with E-state index in [2.05, 4.69) is 0 Å². The minimum atomic E-state index is -3.53. The normalized spacial score (nSPS) is 24.7. The zero-order chi connectivity index (χ0) is 15.7. The second-order valence-corrected chi connectivity index (χ2v) is 7.92. The van der Waals surface area contributed by atoms with Gasteiger partial charge in [-0.3, -0.25) is 0 Å². The van der Waals surface area contributed by atoms with E-state index in [1.807, 2.05) is 26.0 Å². The van der Waals surface area contributed by atoms with Crippen LogP contribution in [-0.2, 0) is 19.5 Å². The molecule has 0 N–H and O–H groups in total. The van der Waals surface area contributed by atoms with Crippen molar-refractivity contribution in [2.24, 2.45) is 0 Å². The molecule has 2 fully saturated rings. The summed E-state index contributed by atoms with van der Waals surface area (Å²) in [7, 11) is -3.53. The molecule has 2 heterocycles. The molecule has 2 aliphatic heterocycles. The Kier molecular flexibility index (Phi) is 4.54. The predicted molar refractivity (Wildman–Crippen MR) is 83.1 cm³/mol. The lowest BCUT2D eigenvalue weighted by Gasteiger charge is -2.37. The molecule has 2 aliphatic rings. The van der Waals surface area contributed by atoms with Gasteiger partial charge in [-0.2, -0.15) is 4.31 Å². The van der Waals surface area contributed by atoms with Gasteiger partial charge in [0.25, 0.3) is 0 Å². The molecule has 5 nitrogen and oxygen atoms in total. The van der Waals surface area contributed by atoms with Crippen molar-refractivity contribution in [3.8, 4) is 0 Å². The summed E-state index contributed by atoms with van der Waals surface area (Å²) in [6.45, 7) is 5.36. The van der Waals surface area contributed by atoms with Gasteiger partial charge in [-0.25, -0.2) is 8.42 Å². The molecule has 2 saturated heterocycles. The number of piperidine rings is 1. The Balaban J connectivity index is 1.96. The van der Waals surface area contributed by atoms with Crippen LogP contribution in [0.5, 0.6) is 0 Å². The Morgan fingerprint density at radius 1 is 1.14 bits per heavy atom. The number of aryl methyl sites for hydroxylation is 2. The molecule has 0 spiro atoms. The minimum Gasteiger partial charge on any atom is -0.349 e. The van der Waals surface area contributed by atoms with E-state index in [0.717, 1.165) is 30.4 Å². The van der Waals surface area contributed by atoms with Crippen molar-refractivity contribution in [3.63, 3.8) is 0 Å². The molecule has 0 bridgehead atoms. The predicted octanol–water partition coefficient (Wildman–Crippen LogP) is 2.22. The van der Waals surface area contributed by atoms with E-state index in [0.29, 0.717) is 24.7 Å². The van der Waals surface area contributed by atoms with E-state index in [1.54, 1.807) is 10.4 Å². The fourth-order valence-corrected chi connectivity index (χ4v) is 5.20. The third-order valence-corrected chi connectivity index (χ3v) is 6.46. The van der Waals surface area contributed by atoms with Gasteiger partial charge in [-0.1, -0.05) is 18.6 Å². The topological polar surface area (TPSA) is 55.8 Å². The van der Waals surface area contributed by atoms with Crippen LogP contribution >= 0.6 is 0 Å². The fourth-order valence-electron chi connectivity index (χ4n) is 3.21. The van der Waals surface area contributed by atoms with E-state index in [9.17, 15) is 8.42 Å². The maximum atomic E-state index is 13.1. The summed E-state index contributed by atoms with van der Waals surface area (Å²) in [4.78, 5) is 0.400. The lowest BCUT2D eigenvalue weighted by atomic mass is 10.0. The van der Waals surface area contributed by atoms with Crippen molar-refractivity contribution < 1.29 is 17.9 Å². The number of ether oxygens (including phenoxy) is 2. The zero-order valence-electron chi connectivity index (χ0n) is 13.1. The number of benzene rings is 1. The largest absolute Gasteiger partial charge is 0.349 e. The summed E-state index contributed by atoms with van der Waals surface area (Å²) in [5, 5.41) is 0. The van der Waals surface area contributed by atoms with Gasteiger partial charge < -0.3 is 9.47 Å². The molecule has 1 aromatic carbocycles. The molecule has 0 saturated carbocycles. The standard InChI is InChI=1S/C16H23NO4S/c1-12-6-7-13(2)15(11-12)22(18,19)17-8-4-3-5-14(17)16-20-9-10-21-16/h6-7,11,14,16H,3-5,8-10H2,1-2H3. The SMILES string of the molecule is Cc1ccc(C)c(S(=O)(=O)N2CCCCC2C2OCCO2)c1. The first kappa shape index (κ1) is 15.9. The number of nitrogens with zero attached hydrogens (tertiary/aromatic N) is 1. The van der Waals surface area contributed by atoms with Gasteiger partial charge in [0.1, 0.15) is 0 Å². The Morgan fingerprint density at radius 3 is 2.59 bits per heavy atom. The van der Waals surface area contributed by atoms with Crippen LogP contribution < -0.4 is 0 Å². The third-order valence-electron chi connectivity index (χ3n) is 4.39. The van der Waals surface area contributed by atoms with E-state index in [-0.39, 0.29) is 6.04 Å². The number of rotatable bonds is 3. The summed E-state index contributed by atoms with van der Waals surface area (Å²) in [6.07, 6.45) is 2.24. The van der Waals surface area contributed by atoms with Crippen molar-refractivity contribution in [3.05, 3.63) is 29.3 Å². The van der Waals surface area contributed by atoms with Crippen LogP contribution in [0.2, 0.25) is 0 Å². The molecule has 1 unspecified atom stereocenters. The highest BCUT2D eigenvalue weighted by atomic mass is 32.2. The first-order valence-corrected chi connectivity index (χ1v) is 9.26. The average Bonchev–Trinajstić information content (AvgIpc) is 3.04. The van der Waals surface area contributed by atoms with Crippen LogP contribution in [0.3, 0.4) is 0 Å². The van der Waals surface area contributed by atoms with Crippen LogP contribution in [0.25, 0.3) is 0 Å². The highest BCUT2D eigenvalue weighted by molar-refractivity contribution is 7.89. The van der Waals surface area contributed by atoms with Crippen LogP contribution in [0.15, 0.2) is 23.1 Å². The molecular weight excluding hydrogens is 302 g/mol. The Bertz CT molecular complexity index is 638. The molecule has 6 heteroatoms. The molecule has 1 aromatic rings. The van der Waals surface area contributed by atoms with Crippen molar-refractivity contribution in [2.45, 2.75) is 50.3 Å². The average molecular weight is 325 g/mol.